The van der Waals surface area contributed by atoms with E-state index in [1.807, 2.05) is 42.3 Å². The average molecular weight is 349 g/mol. The maximum atomic E-state index is 13.2. The van der Waals surface area contributed by atoms with Crippen LogP contribution < -0.4 is 10.1 Å². The lowest BCUT2D eigenvalue weighted by molar-refractivity contribution is 0.415. The molecule has 1 N–H and O–H groups in total. The first-order chi connectivity index (χ1) is 12.6. The van der Waals surface area contributed by atoms with Crippen LogP contribution in [0.3, 0.4) is 0 Å². The number of benzene rings is 2. The van der Waals surface area contributed by atoms with E-state index in [9.17, 15) is 4.39 Å². The largest absolute Gasteiger partial charge is 0.497 e. The van der Waals surface area contributed by atoms with Gasteiger partial charge in [-0.2, -0.15) is 0 Å². The van der Waals surface area contributed by atoms with Crippen LogP contribution in [-0.4, -0.2) is 25.3 Å². The monoisotopic (exact) mass is 349 g/mol. The number of halogens is 1. The molecule has 0 radical (unpaired) electrons. The lowest BCUT2D eigenvalue weighted by Gasteiger charge is -2.28. The number of rotatable bonds is 5. The van der Waals surface area contributed by atoms with Crippen LogP contribution >= 0.6 is 0 Å². The number of ether oxygens (including phenoxy) is 1. The minimum absolute atomic E-state index is 0.275. The fraction of sp³-hybridized carbons (Fsp3) is 0.0952. The minimum Gasteiger partial charge on any atom is -0.497 e. The number of allylic oxidation sites excluding steroid dienone is 3. The maximum absolute atomic E-state index is 13.2. The summed E-state index contributed by atoms with van der Waals surface area (Å²) in [6, 6.07) is 14.0. The van der Waals surface area contributed by atoms with Gasteiger partial charge in [-0.05, 0) is 35.9 Å². The summed E-state index contributed by atoms with van der Waals surface area (Å²) in [5.74, 6) is 2.07. The zero-order chi connectivity index (χ0) is 18.5. The Morgan fingerprint density at radius 1 is 1.23 bits per heavy atom. The molecule has 0 saturated heterocycles. The van der Waals surface area contributed by atoms with Gasteiger partial charge < -0.3 is 15.0 Å². The van der Waals surface area contributed by atoms with Crippen LogP contribution in [0.2, 0.25) is 0 Å². The van der Waals surface area contributed by atoms with Crippen molar-refractivity contribution < 1.29 is 9.13 Å². The standard InChI is InChI=1S/C21H20FN3O/c1-4-19(15-8-10-16(22)11-9-15)21-23-13-12-20(25(21)2)24-17-6-5-7-18(14-17)26-3/h4-14,24H,1H2,2-3H3/b21-19+. The van der Waals surface area contributed by atoms with Gasteiger partial charge in [0.05, 0.1) is 7.11 Å². The Hall–Kier alpha value is -3.34. The molecule has 0 aliphatic carbocycles. The first-order valence-electron chi connectivity index (χ1n) is 8.14. The molecule has 4 nitrogen and oxygen atoms in total. The Morgan fingerprint density at radius 2 is 2.00 bits per heavy atom. The van der Waals surface area contributed by atoms with E-state index in [1.54, 1.807) is 31.5 Å². The van der Waals surface area contributed by atoms with Gasteiger partial charge in [-0.3, -0.25) is 0 Å². The number of aliphatic imine (C=N–C) groups is 1. The van der Waals surface area contributed by atoms with Gasteiger partial charge in [-0.15, -0.1) is 0 Å². The molecule has 132 valence electrons. The van der Waals surface area contributed by atoms with Crippen LogP contribution in [-0.2, 0) is 0 Å². The zero-order valence-corrected chi connectivity index (χ0v) is 14.7. The molecule has 5 heteroatoms. The van der Waals surface area contributed by atoms with Gasteiger partial charge >= 0.3 is 0 Å². The first kappa shape index (κ1) is 17.5. The Morgan fingerprint density at radius 3 is 2.69 bits per heavy atom. The molecule has 1 heterocycles. The molecule has 2 aromatic carbocycles. The molecule has 0 aromatic heterocycles. The molecule has 0 saturated carbocycles. The van der Waals surface area contributed by atoms with Crippen LogP contribution in [0.15, 0.2) is 83.9 Å². The number of nitrogens with one attached hydrogen (secondary N) is 1. The third-order valence-electron chi connectivity index (χ3n) is 4.05. The van der Waals surface area contributed by atoms with Gasteiger partial charge in [0, 0.05) is 30.6 Å². The van der Waals surface area contributed by atoms with Crippen LogP contribution in [0.1, 0.15) is 5.56 Å². The molecule has 0 bridgehead atoms. The molecule has 0 spiro atoms. The number of anilines is 1. The van der Waals surface area contributed by atoms with E-state index in [2.05, 4.69) is 16.9 Å². The van der Waals surface area contributed by atoms with E-state index in [4.69, 9.17) is 4.74 Å². The van der Waals surface area contributed by atoms with Gasteiger partial charge in [0.25, 0.3) is 0 Å². The van der Waals surface area contributed by atoms with Crippen LogP contribution in [0.5, 0.6) is 5.75 Å². The van der Waals surface area contributed by atoms with E-state index >= 15 is 0 Å². The molecule has 0 fully saturated rings. The summed E-state index contributed by atoms with van der Waals surface area (Å²) < 4.78 is 18.5. The number of hydrogen-bond donors (Lipinski definition) is 1. The molecular formula is C21H20FN3O. The molecule has 26 heavy (non-hydrogen) atoms. The summed E-state index contributed by atoms with van der Waals surface area (Å²) in [6.07, 6.45) is 5.34. The smallest absolute Gasteiger partial charge is 0.141 e. The zero-order valence-electron chi connectivity index (χ0n) is 14.7. The second-order valence-corrected chi connectivity index (χ2v) is 5.69. The summed E-state index contributed by atoms with van der Waals surface area (Å²) in [4.78, 5) is 6.41. The highest BCUT2D eigenvalue weighted by atomic mass is 19.1. The Bertz CT molecular complexity index is 898. The Labute approximate surface area is 152 Å². The van der Waals surface area contributed by atoms with Crippen molar-refractivity contribution in [3.8, 4) is 5.75 Å². The third-order valence-corrected chi connectivity index (χ3v) is 4.05. The number of hydrogen-bond acceptors (Lipinski definition) is 4. The molecule has 3 rings (SSSR count). The predicted octanol–water partition coefficient (Wildman–Crippen LogP) is 4.66. The molecule has 0 amide bonds. The lowest BCUT2D eigenvalue weighted by atomic mass is 10.1. The summed E-state index contributed by atoms with van der Waals surface area (Å²) in [5.41, 5.74) is 2.57. The predicted molar refractivity (Wildman–Crippen MR) is 104 cm³/mol. The highest BCUT2D eigenvalue weighted by molar-refractivity contribution is 5.82. The second-order valence-electron chi connectivity index (χ2n) is 5.69. The van der Waals surface area contributed by atoms with Crippen molar-refractivity contribution in [3.63, 3.8) is 0 Å². The van der Waals surface area contributed by atoms with Crippen LogP contribution in [0.25, 0.3) is 5.57 Å². The van der Waals surface area contributed by atoms with Crippen molar-refractivity contribution in [2.24, 2.45) is 4.99 Å². The second kappa shape index (κ2) is 7.70. The molecule has 0 unspecified atom stereocenters. The fourth-order valence-corrected chi connectivity index (χ4v) is 2.68. The molecule has 1 aliphatic rings. The summed E-state index contributed by atoms with van der Waals surface area (Å²) >= 11 is 0. The minimum atomic E-state index is -0.275. The highest BCUT2D eigenvalue weighted by Gasteiger charge is 2.17. The lowest BCUT2D eigenvalue weighted by Crippen LogP contribution is -2.25. The quantitative estimate of drug-likeness (QED) is 0.853. The van der Waals surface area contributed by atoms with E-state index in [0.29, 0.717) is 0 Å². The van der Waals surface area contributed by atoms with Crippen molar-refractivity contribution in [1.29, 1.82) is 0 Å². The van der Waals surface area contributed by atoms with E-state index in [-0.39, 0.29) is 5.82 Å². The normalized spacial score (nSPS) is 15.3. The van der Waals surface area contributed by atoms with E-state index in [1.165, 1.54) is 12.1 Å². The van der Waals surface area contributed by atoms with Crippen molar-refractivity contribution in [2.75, 3.05) is 19.5 Å². The molecule has 2 aromatic rings. The molecule has 0 atom stereocenters. The fourth-order valence-electron chi connectivity index (χ4n) is 2.68. The SMILES string of the molecule is C=C/C(=C1/N=CC=C(Nc2cccc(OC)c2)N1C)c1ccc(F)cc1. The van der Waals surface area contributed by atoms with Gasteiger partial charge in [0.1, 0.15) is 23.2 Å². The van der Waals surface area contributed by atoms with E-state index in [0.717, 1.165) is 34.2 Å². The van der Waals surface area contributed by atoms with Crippen molar-refractivity contribution in [2.45, 2.75) is 0 Å². The van der Waals surface area contributed by atoms with Crippen molar-refractivity contribution in [3.05, 3.63) is 90.3 Å². The number of methoxy groups -OCH3 is 1. The van der Waals surface area contributed by atoms with Gasteiger partial charge in [-0.25, -0.2) is 9.38 Å². The average Bonchev–Trinajstić information content (AvgIpc) is 2.67. The third kappa shape index (κ3) is 3.67. The Kier molecular flexibility index (Phi) is 5.17. The number of nitrogens with zero attached hydrogens (tertiary/aromatic N) is 2. The van der Waals surface area contributed by atoms with Gasteiger partial charge in [0.2, 0.25) is 0 Å². The van der Waals surface area contributed by atoms with Gasteiger partial charge in [-0.1, -0.05) is 30.9 Å². The van der Waals surface area contributed by atoms with Crippen molar-refractivity contribution >= 4 is 17.5 Å². The van der Waals surface area contributed by atoms with Crippen LogP contribution in [0.4, 0.5) is 10.1 Å². The van der Waals surface area contributed by atoms with Crippen molar-refractivity contribution in [1.82, 2.24) is 4.90 Å². The summed E-state index contributed by atoms with van der Waals surface area (Å²) in [6.45, 7) is 3.89. The summed E-state index contributed by atoms with van der Waals surface area (Å²) in [5, 5.41) is 3.36. The summed E-state index contributed by atoms with van der Waals surface area (Å²) in [7, 11) is 3.55. The molecule has 1 aliphatic heterocycles. The first-order valence-corrected chi connectivity index (χ1v) is 8.14. The van der Waals surface area contributed by atoms with Crippen LogP contribution in [0, 0.1) is 5.82 Å². The highest BCUT2D eigenvalue weighted by Crippen LogP contribution is 2.28. The van der Waals surface area contributed by atoms with Gasteiger partial charge in [0.15, 0.2) is 0 Å². The molecular weight excluding hydrogens is 329 g/mol. The topological polar surface area (TPSA) is 36.9 Å². The van der Waals surface area contributed by atoms with E-state index < -0.39 is 0 Å². The maximum Gasteiger partial charge on any atom is 0.141 e. The Balaban J connectivity index is 1.91.